The minimum Gasteiger partial charge on any atom is -0.487 e. The number of aromatic nitrogens is 1. The van der Waals surface area contributed by atoms with Gasteiger partial charge in [0.1, 0.15) is 17.9 Å². The molecule has 1 saturated carbocycles. The molecule has 2 aromatic carbocycles. The highest BCUT2D eigenvalue weighted by Crippen LogP contribution is 2.32. The van der Waals surface area contributed by atoms with Crippen molar-refractivity contribution in [2.45, 2.75) is 44.6 Å². The van der Waals surface area contributed by atoms with Crippen LogP contribution in [0.15, 0.2) is 60.8 Å². The van der Waals surface area contributed by atoms with Gasteiger partial charge in [-0.3, -0.25) is 4.98 Å². The van der Waals surface area contributed by atoms with E-state index in [0.29, 0.717) is 6.61 Å². The van der Waals surface area contributed by atoms with E-state index in [9.17, 15) is 0 Å². The van der Waals surface area contributed by atoms with E-state index in [1.165, 1.54) is 43.2 Å². The minimum absolute atomic E-state index is 0.584. The van der Waals surface area contributed by atoms with E-state index in [1.807, 2.05) is 24.4 Å². The average molecular weight is 317 g/mol. The van der Waals surface area contributed by atoms with Gasteiger partial charge in [0.2, 0.25) is 0 Å². The van der Waals surface area contributed by atoms with Crippen molar-refractivity contribution in [3.8, 4) is 5.75 Å². The molecule has 0 saturated heterocycles. The number of ether oxygens (including phenoxy) is 1. The van der Waals surface area contributed by atoms with Gasteiger partial charge in [0, 0.05) is 11.6 Å². The van der Waals surface area contributed by atoms with E-state index in [4.69, 9.17) is 4.74 Å². The molecule has 2 nitrogen and oxygen atoms in total. The third kappa shape index (κ3) is 3.28. The summed E-state index contributed by atoms with van der Waals surface area (Å²) in [4.78, 5) is 4.44. The molecule has 0 aliphatic heterocycles. The summed E-state index contributed by atoms with van der Waals surface area (Å²) in [6.07, 6.45) is 8.66. The number of hydrogen-bond donors (Lipinski definition) is 0. The van der Waals surface area contributed by atoms with Gasteiger partial charge in [-0.25, -0.2) is 0 Å². The first-order valence-corrected chi connectivity index (χ1v) is 8.95. The molecule has 4 rings (SSSR count). The van der Waals surface area contributed by atoms with Crippen molar-refractivity contribution < 1.29 is 4.74 Å². The van der Waals surface area contributed by atoms with Crippen LogP contribution in [0.3, 0.4) is 0 Å². The number of fused-ring (bicyclic) bond motifs is 1. The molecular formula is C22H23NO. The molecule has 122 valence electrons. The molecular weight excluding hydrogens is 294 g/mol. The van der Waals surface area contributed by atoms with Gasteiger partial charge in [-0.05, 0) is 42.0 Å². The Bertz CT molecular complexity index is 798. The largest absolute Gasteiger partial charge is 0.487 e. The second-order valence-electron chi connectivity index (χ2n) is 6.70. The maximum Gasteiger partial charge on any atom is 0.146 e. The molecule has 1 aliphatic carbocycles. The van der Waals surface area contributed by atoms with Crippen molar-refractivity contribution in [3.05, 3.63) is 71.9 Å². The van der Waals surface area contributed by atoms with Crippen molar-refractivity contribution in [1.82, 2.24) is 4.98 Å². The van der Waals surface area contributed by atoms with Crippen molar-refractivity contribution in [3.63, 3.8) is 0 Å². The van der Waals surface area contributed by atoms with Crippen molar-refractivity contribution in [1.29, 1.82) is 0 Å². The standard InChI is InChI=1S/C22H23NO/c1-2-6-18(7-3-1)19-13-11-17(12-14-19)16-24-21-10-4-8-20-9-5-15-23-22(20)21/h4-5,8-15,18H,1-3,6-7,16H2. The van der Waals surface area contributed by atoms with Gasteiger partial charge in [0.15, 0.2) is 0 Å². The predicted molar refractivity (Wildman–Crippen MR) is 98.3 cm³/mol. The second-order valence-corrected chi connectivity index (χ2v) is 6.70. The smallest absolute Gasteiger partial charge is 0.146 e. The third-order valence-electron chi connectivity index (χ3n) is 5.05. The predicted octanol–water partition coefficient (Wildman–Crippen LogP) is 5.86. The Hall–Kier alpha value is -2.35. The molecule has 1 aliphatic rings. The summed E-state index contributed by atoms with van der Waals surface area (Å²) in [6, 6.07) is 19.1. The molecule has 0 radical (unpaired) electrons. The summed E-state index contributed by atoms with van der Waals surface area (Å²) in [5, 5.41) is 1.11. The first kappa shape index (κ1) is 15.2. The number of pyridine rings is 1. The molecule has 0 spiro atoms. The van der Waals surface area contributed by atoms with E-state index in [2.05, 4.69) is 41.4 Å². The molecule has 0 atom stereocenters. The van der Waals surface area contributed by atoms with Crippen LogP contribution >= 0.6 is 0 Å². The number of nitrogens with zero attached hydrogens (tertiary/aromatic N) is 1. The van der Waals surface area contributed by atoms with E-state index in [1.54, 1.807) is 0 Å². The minimum atomic E-state index is 0.584. The zero-order chi connectivity index (χ0) is 16.2. The monoisotopic (exact) mass is 317 g/mol. The van der Waals surface area contributed by atoms with E-state index < -0.39 is 0 Å². The number of benzene rings is 2. The Kier molecular flexibility index (Phi) is 4.46. The lowest BCUT2D eigenvalue weighted by Gasteiger charge is -2.22. The molecule has 1 heterocycles. The fourth-order valence-electron chi connectivity index (χ4n) is 3.68. The van der Waals surface area contributed by atoms with E-state index in [0.717, 1.165) is 22.6 Å². The fourth-order valence-corrected chi connectivity index (χ4v) is 3.68. The highest BCUT2D eigenvalue weighted by molar-refractivity contribution is 5.84. The zero-order valence-corrected chi connectivity index (χ0v) is 13.9. The molecule has 2 heteroatoms. The summed E-state index contributed by atoms with van der Waals surface area (Å²) in [7, 11) is 0. The number of hydrogen-bond acceptors (Lipinski definition) is 2. The summed E-state index contributed by atoms with van der Waals surface area (Å²) in [6.45, 7) is 0.584. The van der Waals surface area contributed by atoms with Crippen LogP contribution in [0.4, 0.5) is 0 Å². The van der Waals surface area contributed by atoms with E-state index in [-0.39, 0.29) is 0 Å². The highest BCUT2D eigenvalue weighted by atomic mass is 16.5. The fraction of sp³-hybridized carbons (Fsp3) is 0.318. The maximum atomic E-state index is 6.03. The normalized spacial score (nSPS) is 15.5. The average Bonchev–Trinajstić information content (AvgIpc) is 2.67. The van der Waals surface area contributed by atoms with Crippen LogP contribution in [0.2, 0.25) is 0 Å². The van der Waals surface area contributed by atoms with Crippen molar-refractivity contribution in [2.75, 3.05) is 0 Å². The Morgan fingerprint density at radius 1 is 0.875 bits per heavy atom. The van der Waals surface area contributed by atoms with Crippen LogP contribution in [0.5, 0.6) is 5.75 Å². The molecule has 0 N–H and O–H groups in total. The topological polar surface area (TPSA) is 22.1 Å². The number of para-hydroxylation sites is 1. The Labute approximate surface area is 143 Å². The van der Waals surface area contributed by atoms with Gasteiger partial charge >= 0.3 is 0 Å². The molecule has 1 fully saturated rings. The van der Waals surface area contributed by atoms with Crippen LogP contribution < -0.4 is 4.74 Å². The first-order valence-electron chi connectivity index (χ1n) is 8.95. The number of rotatable bonds is 4. The Morgan fingerprint density at radius 2 is 1.67 bits per heavy atom. The van der Waals surface area contributed by atoms with Crippen LogP contribution in [0.1, 0.15) is 49.1 Å². The van der Waals surface area contributed by atoms with Crippen LogP contribution in [0, 0.1) is 0 Å². The van der Waals surface area contributed by atoms with Gasteiger partial charge in [-0.2, -0.15) is 0 Å². The lowest BCUT2D eigenvalue weighted by Crippen LogP contribution is -2.04. The SMILES string of the molecule is c1cnc2c(OCc3ccc(C4CCCCC4)cc3)cccc2c1. The quantitative estimate of drug-likeness (QED) is 0.601. The Morgan fingerprint density at radius 3 is 2.50 bits per heavy atom. The van der Waals surface area contributed by atoms with Gasteiger partial charge in [0.25, 0.3) is 0 Å². The summed E-state index contributed by atoms with van der Waals surface area (Å²) in [5.74, 6) is 1.61. The van der Waals surface area contributed by atoms with E-state index >= 15 is 0 Å². The third-order valence-corrected chi connectivity index (χ3v) is 5.05. The van der Waals surface area contributed by atoms with Gasteiger partial charge < -0.3 is 4.74 Å². The zero-order valence-electron chi connectivity index (χ0n) is 13.9. The molecule has 24 heavy (non-hydrogen) atoms. The maximum absolute atomic E-state index is 6.03. The summed E-state index contributed by atoms with van der Waals surface area (Å²) < 4.78 is 6.03. The molecule has 3 aromatic rings. The van der Waals surface area contributed by atoms with Crippen molar-refractivity contribution >= 4 is 10.9 Å². The van der Waals surface area contributed by atoms with Crippen LogP contribution in [-0.2, 0) is 6.61 Å². The molecule has 0 unspecified atom stereocenters. The van der Waals surface area contributed by atoms with Crippen LogP contribution in [-0.4, -0.2) is 4.98 Å². The van der Waals surface area contributed by atoms with Gasteiger partial charge in [-0.1, -0.05) is 61.7 Å². The molecule has 0 bridgehead atoms. The lowest BCUT2D eigenvalue weighted by atomic mass is 9.84. The molecule has 1 aromatic heterocycles. The first-order chi connectivity index (χ1) is 11.9. The lowest BCUT2D eigenvalue weighted by molar-refractivity contribution is 0.309. The van der Waals surface area contributed by atoms with Gasteiger partial charge in [-0.15, -0.1) is 0 Å². The Balaban J connectivity index is 1.45. The van der Waals surface area contributed by atoms with Crippen LogP contribution in [0.25, 0.3) is 10.9 Å². The van der Waals surface area contributed by atoms with Crippen molar-refractivity contribution in [2.24, 2.45) is 0 Å². The second kappa shape index (κ2) is 7.04. The summed E-state index contributed by atoms with van der Waals surface area (Å²) in [5.41, 5.74) is 3.63. The molecule has 0 amide bonds. The van der Waals surface area contributed by atoms with Gasteiger partial charge in [0.05, 0.1) is 0 Å². The highest BCUT2D eigenvalue weighted by Gasteiger charge is 2.15. The summed E-state index contributed by atoms with van der Waals surface area (Å²) >= 11 is 0.